The van der Waals surface area contributed by atoms with Gasteiger partial charge in [-0.3, -0.25) is 4.79 Å². The molecule has 1 unspecified atom stereocenters. The van der Waals surface area contributed by atoms with Crippen LogP contribution in [-0.4, -0.2) is 34.6 Å². The van der Waals surface area contributed by atoms with Gasteiger partial charge in [-0.2, -0.15) is 0 Å². The van der Waals surface area contributed by atoms with E-state index in [9.17, 15) is 14.0 Å². The fourth-order valence-electron chi connectivity index (χ4n) is 2.29. The first-order chi connectivity index (χ1) is 9.47. The van der Waals surface area contributed by atoms with E-state index in [0.29, 0.717) is 13.0 Å². The van der Waals surface area contributed by atoms with Gasteiger partial charge < -0.3 is 15.3 Å². The smallest absolute Gasteiger partial charge is 0.322 e. The van der Waals surface area contributed by atoms with E-state index in [1.165, 1.54) is 17.0 Å². The first-order valence-electron chi connectivity index (χ1n) is 6.22. The van der Waals surface area contributed by atoms with Crippen molar-refractivity contribution in [3.05, 3.63) is 29.0 Å². The predicted molar refractivity (Wildman–Crippen MR) is 72.4 cm³/mol. The van der Waals surface area contributed by atoms with Gasteiger partial charge in [0.15, 0.2) is 0 Å². The molecule has 0 bridgehead atoms. The number of aliphatic carboxylic acids is 1. The van der Waals surface area contributed by atoms with Gasteiger partial charge in [0.05, 0.1) is 11.4 Å². The first kappa shape index (κ1) is 14.6. The van der Waals surface area contributed by atoms with Crippen LogP contribution in [0.2, 0.25) is 5.02 Å². The Hall–Kier alpha value is -1.82. The lowest BCUT2D eigenvalue weighted by atomic mass is 10.1. The minimum atomic E-state index is -0.938. The van der Waals surface area contributed by atoms with Crippen molar-refractivity contribution in [1.29, 1.82) is 0 Å². The number of nitrogens with zero attached hydrogens (tertiary/aromatic N) is 1. The van der Waals surface area contributed by atoms with Gasteiger partial charge in [-0.25, -0.2) is 9.18 Å². The molecule has 0 spiro atoms. The van der Waals surface area contributed by atoms with Crippen LogP contribution >= 0.6 is 11.6 Å². The standard InChI is InChI=1S/C13H14ClFN2O3/c14-10-4-3-8(6-11(10)15)16-13(20)17-5-1-2-9(17)7-12(18)19/h3-4,6,9H,1-2,5,7H2,(H,16,20)(H,18,19). The van der Waals surface area contributed by atoms with Gasteiger partial charge in [-0.15, -0.1) is 0 Å². The molecule has 1 aromatic rings. The van der Waals surface area contributed by atoms with Crippen LogP contribution < -0.4 is 5.32 Å². The Kier molecular flexibility index (Phi) is 4.44. The predicted octanol–water partition coefficient (Wildman–Crippen LogP) is 2.95. The lowest BCUT2D eigenvalue weighted by Gasteiger charge is -2.23. The molecule has 1 saturated heterocycles. The molecule has 5 nitrogen and oxygen atoms in total. The van der Waals surface area contributed by atoms with Crippen LogP contribution in [0.15, 0.2) is 18.2 Å². The van der Waals surface area contributed by atoms with Crippen LogP contribution in [-0.2, 0) is 4.79 Å². The number of urea groups is 1. The highest BCUT2D eigenvalue weighted by atomic mass is 35.5. The zero-order chi connectivity index (χ0) is 14.7. The van der Waals surface area contributed by atoms with Crippen molar-refractivity contribution >= 4 is 29.3 Å². The number of benzene rings is 1. The average Bonchev–Trinajstić information content (AvgIpc) is 2.81. The Bertz CT molecular complexity index is 538. The molecular weight excluding hydrogens is 287 g/mol. The molecule has 1 aromatic carbocycles. The van der Waals surface area contributed by atoms with Gasteiger partial charge in [0.2, 0.25) is 0 Å². The minimum Gasteiger partial charge on any atom is -0.481 e. The Balaban J connectivity index is 2.03. The molecule has 0 saturated carbocycles. The van der Waals surface area contributed by atoms with Crippen LogP contribution in [0, 0.1) is 5.82 Å². The van der Waals surface area contributed by atoms with Gasteiger partial charge in [-0.1, -0.05) is 11.6 Å². The van der Waals surface area contributed by atoms with E-state index in [4.69, 9.17) is 16.7 Å². The average molecular weight is 301 g/mol. The molecule has 1 aliphatic rings. The van der Waals surface area contributed by atoms with Gasteiger partial charge in [0.25, 0.3) is 0 Å². The van der Waals surface area contributed by atoms with E-state index in [1.54, 1.807) is 0 Å². The van der Waals surface area contributed by atoms with Crippen molar-refractivity contribution in [2.75, 3.05) is 11.9 Å². The number of likely N-dealkylation sites (tertiary alicyclic amines) is 1. The molecule has 2 rings (SSSR count). The summed E-state index contributed by atoms with van der Waals surface area (Å²) in [5, 5.41) is 11.3. The number of halogens is 2. The largest absolute Gasteiger partial charge is 0.481 e. The van der Waals surface area contributed by atoms with E-state index >= 15 is 0 Å². The summed E-state index contributed by atoms with van der Waals surface area (Å²) in [6.07, 6.45) is 1.34. The lowest BCUT2D eigenvalue weighted by Crippen LogP contribution is -2.39. The maximum Gasteiger partial charge on any atom is 0.322 e. The number of hydrogen-bond donors (Lipinski definition) is 2. The number of amides is 2. The van der Waals surface area contributed by atoms with Crippen molar-refractivity contribution < 1.29 is 19.1 Å². The Morgan fingerprint density at radius 3 is 2.90 bits per heavy atom. The maximum atomic E-state index is 13.3. The molecule has 7 heteroatoms. The third-order valence-electron chi connectivity index (χ3n) is 3.22. The van der Waals surface area contributed by atoms with Crippen LogP contribution in [0.25, 0.3) is 0 Å². The van der Waals surface area contributed by atoms with E-state index in [1.807, 2.05) is 0 Å². The highest BCUT2D eigenvalue weighted by molar-refractivity contribution is 6.30. The fourth-order valence-corrected chi connectivity index (χ4v) is 2.40. The summed E-state index contributed by atoms with van der Waals surface area (Å²) in [5.41, 5.74) is 0.290. The monoisotopic (exact) mass is 300 g/mol. The maximum absolute atomic E-state index is 13.3. The number of anilines is 1. The first-order valence-corrected chi connectivity index (χ1v) is 6.59. The zero-order valence-electron chi connectivity index (χ0n) is 10.6. The summed E-state index contributed by atoms with van der Waals surface area (Å²) in [7, 11) is 0. The number of hydrogen-bond acceptors (Lipinski definition) is 2. The van der Waals surface area contributed by atoms with Crippen molar-refractivity contribution in [2.45, 2.75) is 25.3 Å². The number of carboxylic acids is 1. The summed E-state index contributed by atoms with van der Waals surface area (Å²) >= 11 is 5.56. The molecule has 1 fully saturated rings. The Morgan fingerprint density at radius 2 is 2.25 bits per heavy atom. The summed E-state index contributed by atoms with van der Waals surface area (Å²) in [4.78, 5) is 24.3. The van der Waals surface area contributed by atoms with Crippen molar-refractivity contribution in [3.63, 3.8) is 0 Å². The quantitative estimate of drug-likeness (QED) is 0.901. The molecule has 1 aliphatic heterocycles. The van der Waals surface area contributed by atoms with Crippen molar-refractivity contribution in [3.8, 4) is 0 Å². The third-order valence-corrected chi connectivity index (χ3v) is 3.53. The van der Waals surface area contributed by atoms with E-state index < -0.39 is 17.8 Å². The molecule has 1 atom stereocenters. The van der Waals surface area contributed by atoms with Gasteiger partial charge >= 0.3 is 12.0 Å². The molecule has 108 valence electrons. The van der Waals surface area contributed by atoms with Crippen LogP contribution in [0.4, 0.5) is 14.9 Å². The Labute approximate surface area is 120 Å². The van der Waals surface area contributed by atoms with E-state index in [2.05, 4.69) is 5.32 Å². The van der Waals surface area contributed by atoms with Gasteiger partial charge in [-0.05, 0) is 31.0 Å². The number of rotatable bonds is 3. The van der Waals surface area contributed by atoms with Gasteiger partial charge in [0, 0.05) is 18.3 Å². The number of carbonyl (C=O) groups is 2. The summed E-state index contributed by atoms with van der Waals surface area (Å²) in [6, 6.07) is 3.24. The summed E-state index contributed by atoms with van der Waals surface area (Å²) in [5.74, 6) is -1.56. The second kappa shape index (κ2) is 6.09. The lowest BCUT2D eigenvalue weighted by molar-refractivity contribution is -0.137. The Morgan fingerprint density at radius 1 is 1.50 bits per heavy atom. The number of carboxylic acid groups (broad SMARTS) is 1. The van der Waals surface area contributed by atoms with Crippen molar-refractivity contribution in [1.82, 2.24) is 4.90 Å². The normalized spacial score (nSPS) is 18.1. The molecule has 0 radical (unpaired) electrons. The fraction of sp³-hybridized carbons (Fsp3) is 0.385. The molecule has 1 heterocycles. The van der Waals surface area contributed by atoms with Crippen LogP contribution in [0.3, 0.4) is 0 Å². The minimum absolute atomic E-state index is 0.0204. The topological polar surface area (TPSA) is 69.6 Å². The van der Waals surface area contributed by atoms with E-state index in [0.717, 1.165) is 12.5 Å². The van der Waals surface area contributed by atoms with Crippen molar-refractivity contribution in [2.24, 2.45) is 0 Å². The number of carbonyl (C=O) groups excluding carboxylic acids is 1. The SMILES string of the molecule is O=C(O)CC1CCCN1C(=O)Nc1ccc(Cl)c(F)c1. The molecular formula is C13H14ClFN2O3. The zero-order valence-corrected chi connectivity index (χ0v) is 11.4. The third kappa shape index (κ3) is 3.39. The molecule has 0 aliphatic carbocycles. The molecule has 2 N–H and O–H groups in total. The summed E-state index contributed by atoms with van der Waals surface area (Å²) < 4.78 is 13.3. The molecule has 2 amide bonds. The highest BCUT2D eigenvalue weighted by Crippen LogP contribution is 2.23. The molecule has 0 aromatic heterocycles. The number of nitrogens with one attached hydrogen (secondary N) is 1. The van der Waals surface area contributed by atoms with Crippen LogP contribution in [0.5, 0.6) is 0 Å². The summed E-state index contributed by atoms with van der Waals surface area (Å²) in [6.45, 7) is 0.500. The highest BCUT2D eigenvalue weighted by Gasteiger charge is 2.30. The second-order valence-corrected chi connectivity index (χ2v) is 5.05. The molecule has 20 heavy (non-hydrogen) atoms. The second-order valence-electron chi connectivity index (χ2n) is 4.65. The van der Waals surface area contributed by atoms with Gasteiger partial charge in [0.1, 0.15) is 5.82 Å². The van der Waals surface area contributed by atoms with E-state index in [-0.39, 0.29) is 23.2 Å². The van der Waals surface area contributed by atoms with Crippen LogP contribution in [0.1, 0.15) is 19.3 Å².